The molecule has 2 rings (SSSR count). The zero-order chi connectivity index (χ0) is 14.0. The average molecular weight is 267 g/mol. The van der Waals surface area contributed by atoms with Gasteiger partial charge in [-0.2, -0.15) is 4.98 Å². The van der Waals surface area contributed by atoms with Crippen molar-refractivity contribution in [3.63, 3.8) is 0 Å². The van der Waals surface area contributed by atoms with Crippen LogP contribution in [0.25, 0.3) is 0 Å². The quantitative estimate of drug-likeness (QED) is 0.853. The molecule has 2 atom stereocenters. The maximum atomic E-state index is 6.12. The maximum absolute atomic E-state index is 6.12. The van der Waals surface area contributed by atoms with Gasteiger partial charge < -0.3 is 20.1 Å². The van der Waals surface area contributed by atoms with Gasteiger partial charge in [0.1, 0.15) is 0 Å². The van der Waals surface area contributed by atoms with Gasteiger partial charge in [0, 0.05) is 32.1 Å². The lowest BCUT2D eigenvalue weighted by atomic mass is 10.0. The molecule has 108 valence electrons. The van der Waals surface area contributed by atoms with Crippen molar-refractivity contribution in [1.82, 2.24) is 19.9 Å². The van der Waals surface area contributed by atoms with Crippen molar-refractivity contribution in [1.29, 1.82) is 0 Å². The Hall–Kier alpha value is -0.980. The van der Waals surface area contributed by atoms with E-state index in [2.05, 4.69) is 34.0 Å². The molecule has 0 aromatic carbocycles. The number of piperazine rings is 1. The van der Waals surface area contributed by atoms with E-state index in [1.165, 1.54) is 0 Å². The molecule has 2 unspecified atom stereocenters. The fourth-order valence-corrected chi connectivity index (χ4v) is 2.25. The van der Waals surface area contributed by atoms with Crippen LogP contribution in [0.2, 0.25) is 0 Å². The molecule has 6 nitrogen and oxygen atoms in total. The molecule has 0 radical (unpaired) electrons. The van der Waals surface area contributed by atoms with Gasteiger partial charge in [-0.3, -0.25) is 0 Å². The summed E-state index contributed by atoms with van der Waals surface area (Å²) in [7, 11) is 4.30. The molecule has 0 amide bonds. The van der Waals surface area contributed by atoms with Gasteiger partial charge in [-0.25, -0.2) is 0 Å². The molecule has 1 aromatic heterocycles. The van der Waals surface area contributed by atoms with E-state index in [-0.39, 0.29) is 0 Å². The van der Waals surface area contributed by atoms with Gasteiger partial charge in [0.2, 0.25) is 5.89 Å². The smallest absolute Gasteiger partial charge is 0.246 e. The molecule has 2 heterocycles. The Morgan fingerprint density at radius 2 is 2.16 bits per heavy atom. The van der Waals surface area contributed by atoms with E-state index in [9.17, 15) is 0 Å². The second-order valence-electron chi connectivity index (χ2n) is 5.89. The van der Waals surface area contributed by atoms with Crippen molar-refractivity contribution in [3.8, 4) is 0 Å². The molecule has 1 fully saturated rings. The SMILES string of the molecule is CCC(C)(N)c1nc(CC2CN(C)CCN2C)no1. The first-order valence-electron chi connectivity index (χ1n) is 6.93. The highest BCUT2D eigenvalue weighted by Crippen LogP contribution is 2.20. The summed E-state index contributed by atoms with van der Waals surface area (Å²) in [6, 6.07) is 0.440. The molecule has 0 aliphatic carbocycles. The summed E-state index contributed by atoms with van der Waals surface area (Å²) in [4.78, 5) is 9.16. The van der Waals surface area contributed by atoms with E-state index in [1.54, 1.807) is 0 Å². The Balaban J connectivity index is 2.03. The lowest BCUT2D eigenvalue weighted by molar-refractivity contribution is 0.113. The largest absolute Gasteiger partial charge is 0.337 e. The molecular formula is C13H25N5O. The average Bonchev–Trinajstić information content (AvgIpc) is 2.83. The summed E-state index contributed by atoms with van der Waals surface area (Å²) in [5.41, 5.74) is 5.59. The van der Waals surface area contributed by atoms with E-state index in [1.807, 2.05) is 13.8 Å². The topological polar surface area (TPSA) is 71.4 Å². The molecule has 1 saturated heterocycles. The third-order valence-electron chi connectivity index (χ3n) is 4.09. The number of nitrogens with two attached hydrogens (primary N) is 1. The number of hydrogen-bond acceptors (Lipinski definition) is 6. The normalized spacial score (nSPS) is 25.4. The van der Waals surface area contributed by atoms with Gasteiger partial charge in [0.05, 0.1) is 5.54 Å². The van der Waals surface area contributed by atoms with Gasteiger partial charge in [0.25, 0.3) is 0 Å². The standard InChI is InChI=1S/C13H25N5O/c1-5-13(2,14)12-15-11(16-19-12)8-10-9-17(3)6-7-18(10)4/h10H,5-9,14H2,1-4H3. The van der Waals surface area contributed by atoms with Gasteiger partial charge in [-0.15, -0.1) is 0 Å². The van der Waals surface area contributed by atoms with Crippen molar-refractivity contribution in [2.45, 2.75) is 38.3 Å². The minimum absolute atomic E-state index is 0.440. The van der Waals surface area contributed by atoms with Crippen molar-refractivity contribution in [2.75, 3.05) is 33.7 Å². The van der Waals surface area contributed by atoms with Crippen molar-refractivity contribution in [3.05, 3.63) is 11.7 Å². The van der Waals surface area contributed by atoms with Gasteiger partial charge >= 0.3 is 0 Å². The summed E-state index contributed by atoms with van der Waals surface area (Å²) < 4.78 is 5.31. The van der Waals surface area contributed by atoms with Crippen molar-refractivity contribution in [2.24, 2.45) is 5.73 Å². The first-order valence-corrected chi connectivity index (χ1v) is 6.93. The van der Waals surface area contributed by atoms with Crippen LogP contribution < -0.4 is 5.73 Å². The first kappa shape index (κ1) is 14.4. The molecule has 1 aliphatic rings. The third-order valence-corrected chi connectivity index (χ3v) is 4.09. The molecule has 0 spiro atoms. The fraction of sp³-hybridized carbons (Fsp3) is 0.846. The van der Waals surface area contributed by atoms with Crippen LogP contribution in [0.15, 0.2) is 4.52 Å². The van der Waals surface area contributed by atoms with Gasteiger partial charge in [-0.05, 0) is 27.4 Å². The molecule has 19 heavy (non-hydrogen) atoms. The predicted octanol–water partition coefficient (Wildman–Crippen LogP) is 0.442. The number of hydrogen-bond donors (Lipinski definition) is 1. The van der Waals surface area contributed by atoms with Crippen LogP contribution in [-0.4, -0.2) is 59.7 Å². The van der Waals surface area contributed by atoms with E-state index >= 15 is 0 Å². The molecule has 1 aromatic rings. The van der Waals surface area contributed by atoms with E-state index < -0.39 is 5.54 Å². The number of aromatic nitrogens is 2. The first-order chi connectivity index (χ1) is 8.92. The number of rotatable bonds is 4. The summed E-state index contributed by atoms with van der Waals surface area (Å²) in [6.45, 7) is 7.17. The Labute approximate surface area is 114 Å². The van der Waals surface area contributed by atoms with E-state index in [4.69, 9.17) is 10.3 Å². The molecule has 1 aliphatic heterocycles. The summed E-state index contributed by atoms with van der Waals surface area (Å²) in [5, 5.41) is 4.07. The van der Waals surface area contributed by atoms with Crippen LogP contribution in [0.1, 0.15) is 32.0 Å². The van der Waals surface area contributed by atoms with Crippen LogP contribution in [0.5, 0.6) is 0 Å². The monoisotopic (exact) mass is 267 g/mol. The Bertz CT molecular complexity index is 417. The zero-order valence-corrected chi connectivity index (χ0v) is 12.4. The lowest BCUT2D eigenvalue weighted by Crippen LogP contribution is -2.50. The second-order valence-corrected chi connectivity index (χ2v) is 5.89. The van der Waals surface area contributed by atoms with Crippen LogP contribution >= 0.6 is 0 Å². The minimum Gasteiger partial charge on any atom is -0.337 e. The zero-order valence-electron chi connectivity index (χ0n) is 12.4. The minimum atomic E-state index is -0.527. The van der Waals surface area contributed by atoms with Crippen LogP contribution in [-0.2, 0) is 12.0 Å². The molecule has 6 heteroatoms. The molecule has 0 bridgehead atoms. The number of likely N-dealkylation sites (N-methyl/N-ethyl adjacent to an activating group) is 2. The summed E-state index contributed by atoms with van der Waals surface area (Å²) >= 11 is 0. The maximum Gasteiger partial charge on any atom is 0.246 e. The fourth-order valence-electron chi connectivity index (χ4n) is 2.25. The van der Waals surface area contributed by atoms with Gasteiger partial charge in [-0.1, -0.05) is 12.1 Å². The van der Waals surface area contributed by atoms with Crippen molar-refractivity contribution < 1.29 is 4.52 Å². The predicted molar refractivity (Wildman–Crippen MR) is 73.7 cm³/mol. The highest BCUT2D eigenvalue weighted by Gasteiger charge is 2.28. The van der Waals surface area contributed by atoms with Gasteiger partial charge in [0.15, 0.2) is 5.82 Å². The van der Waals surface area contributed by atoms with E-state index in [0.29, 0.717) is 11.9 Å². The molecule has 0 saturated carbocycles. The lowest BCUT2D eigenvalue weighted by Gasteiger charge is -2.37. The second kappa shape index (κ2) is 5.56. The summed E-state index contributed by atoms with van der Waals surface area (Å²) in [6.07, 6.45) is 1.59. The highest BCUT2D eigenvalue weighted by atomic mass is 16.5. The molecule has 2 N–H and O–H groups in total. The van der Waals surface area contributed by atoms with Crippen LogP contribution in [0.3, 0.4) is 0 Å². The Kier molecular flexibility index (Phi) is 4.23. The van der Waals surface area contributed by atoms with Crippen LogP contribution in [0.4, 0.5) is 0 Å². The Morgan fingerprint density at radius 3 is 2.84 bits per heavy atom. The van der Waals surface area contributed by atoms with Crippen LogP contribution in [0, 0.1) is 0 Å². The molecular weight excluding hydrogens is 242 g/mol. The Morgan fingerprint density at radius 1 is 1.42 bits per heavy atom. The highest BCUT2D eigenvalue weighted by molar-refractivity contribution is 5.01. The van der Waals surface area contributed by atoms with Crippen molar-refractivity contribution >= 4 is 0 Å². The summed E-state index contributed by atoms with van der Waals surface area (Å²) in [5.74, 6) is 1.30. The third kappa shape index (κ3) is 3.32. The van der Waals surface area contributed by atoms with E-state index in [0.717, 1.165) is 38.3 Å². The number of nitrogens with zero attached hydrogens (tertiary/aromatic N) is 4.